The third kappa shape index (κ3) is 3.19. The molecule has 1 amide bonds. The number of methoxy groups -OCH3 is 1. The van der Waals surface area contributed by atoms with E-state index in [1.807, 2.05) is 49.4 Å². The summed E-state index contributed by atoms with van der Waals surface area (Å²) in [5, 5.41) is 4.35. The number of carbonyl (C=O) groups is 1. The van der Waals surface area contributed by atoms with Gasteiger partial charge in [-0.15, -0.1) is 11.3 Å². The van der Waals surface area contributed by atoms with Crippen molar-refractivity contribution in [3.63, 3.8) is 0 Å². The van der Waals surface area contributed by atoms with Gasteiger partial charge in [-0.3, -0.25) is 4.79 Å². The highest BCUT2D eigenvalue weighted by molar-refractivity contribution is 7.21. The quantitative estimate of drug-likeness (QED) is 0.737. The average Bonchev–Trinajstić information content (AvgIpc) is 2.89. The fourth-order valence-corrected chi connectivity index (χ4v) is 3.95. The van der Waals surface area contributed by atoms with E-state index in [-0.39, 0.29) is 5.91 Å². The van der Waals surface area contributed by atoms with Gasteiger partial charge in [-0.1, -0.05) is 41.9 Å². The lowest BCUT2D eigenvalue weighted by molar-refractivity contribution is 0.0955. The number of ether oxygens (including phenoxy) is 1. The lowest BCUT2D eigenvalue weighted by Crippen LogP contribution is -2.22. The molecule has 5 heteroatoms. The summed E-state index contributed by atoms with van der Waals surface area (Å²) in [6.07, 6.45) is 0. The van der Waals surface area contributed by atoms with Gasteiger partial charge in [0.1, 0.15) is 10.6 Å². The maximum Gasteiger partial charge on any atom is 0.263 e. The number of para-hydroxylation sites is 1. The van der Waals surface area contributed by atoms with Crippen LogP contribution < -0.4 is 10.1 Å². The maximum atomic E-state index is 12.5. The molecule has 23 heavy (non-hydrogen) atoms. The standard InChI is InChI=1S/C18H16ClNO2S/c1-11-7-8-13-15(9-11)23-17(16(13)19)18(21)20-10-12-5-3-4-6-14(12)22-2/h3-9H,10H2,1-2H3,(H,20,21). The summed E-state index contributed by atoms with van der Waals surface area (Å²) >= 11 is 7.79. The number of thiophene rings is 1. The van der Waals surface area contributed by atoms with Gasteiger partial charge in [-0.25, -0.2) is 0 Å². The summed E-state index contributed by atoms with van der Waals surface area (Å²) in [5.41, 5.74) is 2.08. The molecule has 118 valence electrons. The van der Waals surface area contributed by atoms with Gasteiger partial charge in [-0.05, 0) is 24.6 Å². The number of halogens is 1. The Hall–Kier alpha value is -2.04. The summed E-state index contributed by atoms with van der Waals surface area (Å²) in [6.45, 7) is 2.42. The highest BCUT2D eigenvalue weighted by Gasteiger charge is 2.17. The second-order valence-corrected chi connectivity index (χ2v) is 6.67. The molecule has 0 atom stereocenters. The molecule has 1 N–H and O–H groups in total. The van der Waals surface area contributed by atoms with Gasteiger partial charge >= 0.3 is 0 Å². The van der Waals surface area contributed by atoms with Crippen molar-refractivity contribution in [3.05, 3.63) is 63.5 Å². The number of hydrogen-bond donors (Lipinski definition) is 1. The molecule has 0 bridgehead atoms. The van der Waals surface area contributed by atoms with E-state index in [4.69, 9.17) is 16.3 Å². The van der Waals surface area contributed by atoms with E-state index < -0.39 is 0 Å². The van der Waals surface area contributed by atoms with Crippen LogP contribution in [0.5, 0.6) is 5.75 Å². The van der Waals surface area contributed by atoms with Crippen molar-refractivity contribution in [3.8, 4) is 5.75 Å². The normalized spacial score (nSPS) is 10.7. The van der Waals surface area contributed by atoms with Crippen LogP contribution in [0.2, 0.25) is 5.02 Å². The van der Waals surface area contributed by atoms with Gasteiger partial charge in [0.25, 0.3) is 5.91 Å². The van der Waals surface area contributed by atoms with Crippen LogP contribution in [0.1, 0.15) is 20.8 Å². The minimum Gasteiger partial charge on any atom is -0.496 e. The second-order valence-electron chi connectivity index (χ2n) is 5.24. The van der Waals surface area contributed by atoms with Crippen molar-refractivity contribution in [2.75, 3.05) is 7.11 Å². The van der Waals surface area contributed by atoms with Gasteiger partial charge in [0.15, 0.2) is 0 Å². The van der Waals surface area contributed by atoms with Gasteiger partial charge in [0.05, 0.1) is 12.1 Å². The molecular formula is C18H16ClNO2S. The third-order valence-electron chi connectivity index (χ3n) is 3.62. The Morgan fingerprint density at radius 2 is 2.04 bits per heavy atom. The van der Waals surface area contributed by atoms with Gasteiger partial charge < -0.3 is 10.1 Å². The van der Waals surface area contributed by atoms with Crippen molar-refractivity contribution in [2.45, 2.75) is 13.5 Å². The topological polar surface area (TPSA) is 38.3 Å². The first-order valence-electron chi connectivity index (χ1n) is 7.19. The zero-order valence-electron chi connectivity index (χ0n) is 12.9. The molecule has 0 aliphatic heterocycles. The number of nitrogens with one attached hydrogen (secondary N) is 1. The number of aryl methyl sites for hydroxylation is 1. The lowest BCUT2D eigenvalue weighted by atomic mass is 10.2. The number of rotatable bonds is 4. The van der Waals surface area contributed by atoms with Gasteiger partial charge in [0, 0.05) is 22.2 Å². The van der Waals surface area contributed by atoms with E-state index in [0.29, 0.717) is 16.4 Å². The number of carbonyl (C=O) groups excluding carboxylic acids is 1. The molecule has 1 heterocycles. The highest BCUT2D eigenvalue weighted by Crippen LogP contribution is 2.35. The fourth-order valence-electron chi connectivity index (χ4n) is 2.42. The first kappa shape index (κ1) is 15.8. The smallest absolute Gasteiger partial charge is 0.263 e. The fraction of sp³-hybridized carbons (Fsp3) is 0.167. The van der Waals surface area contributed by atoms with Crippen molar-refractivity contribution in [1.82, 2.24) is 5.32 Å². The molecule has 3 nitrogen and oxygen atoms in total. The number of amides is 1. The Morgan fingerprint density at radius 1 is 1.26 bits per heavy atom. The first-order chi connectivity index (χ1) is 11.1. The lowest BCUT2D eigenvalue weighted by Gasteiger charge is -2.09. The molecule has 0 aliphatic carbocycles. The van der Waals surface area contributed by atoms with Crippen LogP contribution in [-0.2, 0) is 6.54 Å². The van der Waals surface area contributed by atoms with Crippen molar-refractivity contribution in [2.24, 2.45) is 0 Å². The Kier molecular flexibility index (Phi) is 4.55. The van der Waals surface area contributed by atoms with Crippen LogP contribution in [0.15, 0.2) is 42.5 Å². The predicted octanol–water partition coefficient (Wildman–Crippen LogP) is 4.80. The van der Waals surface area contributed by atoms with E-state index in [0.717, 1.165) is 27.0 Å². The van der Waals surface area contributed by atoms with E-state index >= 15 is 0 Å². The molecule has 0 radical (unpaired) electrons. The largest absolute Gasteiger partial charge is 0.496 e. The zero-order chi connectivity index (χ0) is 16.4. The zero-order valence-corrected chi connectivity index (χ0v) is 14.4. The van der Waals surface area contributed by atoms with Crippen LogP contribution in [-0.4, -0.2) is 13.0 Å². The Bertz CT molecular complexity index is 873. The molecule has 0 saturated heterocycles. The van der Waals surface area contributed by atoms with Crippen LogP contribution in [0.25, 0.3) is 10.1 Å². The SMILES string of the molecule is COc1ccccc1CNC(=O)c1sc2cc(C)ccc2c1Cl. The molecular weight excluding hydrogens is 330 g/mol. The summed E-state index contributed by atoms with van der Waals surface area (Å²) < 4.78 is 6.32. The predicted molar refractivity (Wildman–Crippen MR) is 95.7 cm³/mol. The van der Waals surface area contributed by atoms with Crippen molar-refractivity contribution < 1.29 is 9.53 Å². The number of hydrogen-bond acceptors (Lipinski definition) is 3. The maximum absolute atomic E-state index is 12.5. The average molecular weight is 346 g/mol. The van der Waals surface area contributed by atoms with Crippen LogP contribution in [0, 0.1) is 6.92 Å². The Morgan fingerprint density at radius 3 is 2.83 bits per heavy atom. The first-order valence-corrected chi connectivity index (χ1v) is 8.38. The van der Waals surface area contributed by atoms with E-state index in [9.17, 15) is 4.79 Å². The third-order valence-corrected chi connectivity index (χ3v) is 5.28. The highest BCUT2D eigenvalue weighted by atomic mass is 35.5. The van der Waals surface area contributed by atoms with Gasteiger partial charge in [-0.2, -0.15) is 0 Å². The second kappa shape index (κ2) is 6.60. The van der Waals surface area contributed by atoms with Crippen LogP contribution >= 0.6 is 22.9 Å². The molecule has 0 spiro atoms. The van der Waals surface area contributed by atoms with Crippen molar-refractivity contribution >= 4 is 38.9 Å². The van der Waals surface area contributed by atoms with Crippen LogP contribution in [0.3, 0.4) is 0 Å². The minimum atomic E-state index is -0.167. The van der Waals surface area contributed by atoms with E-state index in [1.165, 1.54) is 11.3 Å². The molecule has 3 aromatic rings. The minimum absolute atomic E-state index is 0.167. The van der Waals surface area contributed by atoms with Crippen molar-refractivity contribution in [1.29, 1.82) is 0 Å². The summed E-state index contributed by atoms with van der Waals surface area (Å²) in [6, 6.07) is 13.6. The molecule has 0 unspecified atom stereocenters. The van der Waals surface area contributed by atoms with Gasteiger partial charge in [0.2, 0.25) is 0 Å². The van der Waals surface area contributed by atoms with E-state index in [2.05, 4.69) is 5.32 Å². The summed E-state index contributed by atoms with van der Waals surface area (Å²) in [4.78, 5) is 13.0. The Balaban J connectivity index is 1.82. The number of benzene rings is 2. The molecule has 0 fully saturated rings. The molecule has 0 saturated carbocycles. The number of fused-ring (bicyclic) bond motifs is 1. The summed E-state index contributed by atoms with van der Waals surface area (Å²) in [5.74, 6) is 0.589. The molecule has 3 rings (SSSR count). The van der Waals surface area contributed by atoms with Crippen LogP contribution in [0.4, 0.5) is 0 Å². The monoisotopic (exact) mass is 345 g/mol. The van der Waals surface area contributed by atoms with E-state index in [1.54, 1.807) is 7.11 Å². The summed E-state index contributed by atoms with van der Waals surface area (Å²) in [7, 11) is 1.62. The Labute approximate surface area is 143 Å². The molecule has 1 aromatic heterocycles. The molecule has 2 aromatic carbocycles. The molecule has 0 aliphatic rings.